The van der Waals surface area contributed by atoms with E-state index in [4.69, 9.17) is 4.74 Å². The molecule has 0 aliphatic carbocycles. The zero-order valence-electron chi connectivity index (χ0n) is 20.1. The standard InChI is InChI=1S/C28H38N2O3/c1-4-18-29(6-3)20-17-22-12-7-8-14-25(22)28(32)30-19-10-9-13-23(30)21-33-27-16-11-15-26(31)24(27)5-2/h5,7-8,11-12,14-16,23,31H,2,4,6,9-10,13,17-21H2,1,3H3/t23-/m0/s1. The van der Waals surface area contributed by atoms with Crippen molar-refractivity contribution in [1.29, 1.82) is 0 Å². The average molecular weight is 451 g/mol. The summed E-state index contributed by atoms with van der Waals surface area (Å²) in [6.07, 6.45) is 6.61. The third-order valence-corrected chi connectivity index (χ3v) is 6.50. The summed E-state index contributed by atoms with van der Waals surface area (Å²) in [7, 11) is 0. The lowest BCUT2D eigenvalue weighted by molar-refractivity contribution is 0.0526. The largest absolute Gasteiger partial charge is 0.507 e. The first-order chi connectivity index (χ1) is 16.1. The average Bonchev–Trinajstić information content (AvgIpc) is 2.85. The first kappa shape index (κ1) is 24.8. The van der Waals surface area contributed by atoms with E-state index >= 15 is 0 Å². The molecule has 1 N–H and O–H groups in total. The second-order valence-corrected chi connectivity index (χ2v) is 8.69. The molecule has 1 fully saturated rings. The lowest BCUT2D eigenvalue weighted by Gasteiger charge is -2.36. The molecule has 1 aliphatic rings. The molecule has 0 spiro atoms. The molecule has 178 valence electrons. The van der Waals surface area contributed by atoms with Crippen molar-refractivity contribution in [1.82, 2.24) is 9.80 Å². The highest BCUT2D eigenvalue weighted by Crippen LogP contribution is 2.29. The van der Waals surface area contributed by atoms with E-state index in [-0.39, 0.29) is 17.7 Å². The number of aromatic hydroxyl groups is 1. The summed E-state index contributed by atoms with van der Waals surface area (Å²) in [6, 6.07) is 13.3. The summed E-state index contributed by atoms with van der Waals surface area (Å²) < 4.78 is 6.08. The monoisotopic (exact) mass is 450 g/mol. The number of hydrogen-bond donors (Lipinski definition) is 1. The predicted octanol–water partition coefficient (Wildman–Crippen LogP) is 5.38. The van der Waals surface area contributed by atoms with Crippen LogP contribution in [0, 0.1) is 0 Å². The van der Waals surface area contributed by atoms with E-state index in [9.17, 15) is 9.90 Å². The summed E-state index contributed by atoms with van der Waals surface area (Å²) >= 11 is 0. The fourth-order valence-electron chi connectivity index (χ4n) is 4.62. The minimum absolute atomic E-state index is 0.00607. The highest BCUT2D eigenvalue weighted by atomic mass is 16.5. The van der Waals surface area contributed by atoms with Crippen molar-refractivity contribution in [3.8, 4) is 11.5 Å². The number of nitrogens with zero attached hydrogens (tertiary/aromatic N) is 2. The number of benzene rings is 2. The van der Waals surface area contributed by atoms with Gasteiger partial charge in [0.25, 0.3) is 5.91 Å². The van der Waals surface area contributed by atoms with Crippen molar-refractivity contribution in [2.75, 3.05) is 32.8 Å². The summed E-state index contributed by atoms with van der Waals surface area (Å²) in [5.74, 6) is 0.841. The maximum Gasteiger partial charge on any atom is 0.254 e. The number of ether oxygens (including phenoxy) is 1. The van der Waals surface area contributed by atoms with E-state index < -0.39 is 0 Å². The lowest BCUT2D eigenvalue weighted by atomic mass is 9.98. The number of likely N-dealkylation sites (tertiary alicyclic amines) is 1. The van der Waals surface area contributed by atoms with Gasteiger partial charge in [-0.05, 0) is 69.0 Å². The molecule has 2 aromatic rings. The van der Waals surface area contributed by atoms with Crippen LogP contribution in [0.25, 0.3) is 6.08 Å². The van der Waals surface area contributed by atoms with Crippen LogP contribution in [-0.2, 0) is 6.42 Å². The Morgan fingerprint density at radius 3 is 2.76 bits per heavy atom. The number of amides is 1. The lowest BCUT2D eigenvalue weighted by Crippen LogP contribution is -2.47. The Balaban J connectivity index is 1.73. The second-order valence-electron chi connectivity index (χ2n) is 8.69. The number of hydrogen-bond acceptors (Lipinski definition) is 4. The Morgan fingerprint density at radius 2 is 2.00 bits per heavy atom. The van der Waals surface area contributed by atoms with Crippen molar-refractivity contribution < 1.29 is 14.6 Å². The minimum atomic E-state index is 0.00607. The number of carbonyl (C=O) groups is 1. The van der Waals surface area contributed by atoms with Crippen LogP contribution < -0.4 is 4.74 Å². The molecule has 33 heavy (non-hydrogen) atoms. The fourth-order valence-corrected chi connectivity index (χ4v) is 4.62. The highest BCUT2D eigenvalue weighted by Gasteiger charge is 2.29. The van der Waals surface area contributed by atoms with Crippen LogP contribution in [0.2, 0.25) is 0 Å². The number of phenols is 1. The van der Waals surface area contributed by atoms with Gasteiger partial charge in [0.2, 0.25) is 0 Å². The minimum Gasteiger partial charge on any atom is -0.507 e. The van der Waals surface area contributed by atoms with E-state index in [1.54, 1.807) is 18.2 Å². The van der Waals surface area contributed by atoms with Gasteiger partial charge in [0, 0.05) is 18.7 Å². The van der Waals surface area contributed by atoms with E-state index in [1.807, 2.05) is 29.2 Å². The van der Waals surface area contributed by atoms with Crippen LogP contribution in [0.5, 0.6) is 11.5 Å². The Labute approximate surface area is 198 Å². The topological polar surface area (TPSA) is 53.0 Å². The van der Waals surface area contributed by atoms with Crippen molar-refractivity contribution in [3.05, 3.63) is 65.7 Å². The van der Waals surface area contributed by atoms with Gasteiger partial charge in [0.05, 0.1) is 11.6 Å². The normalized spacial score (nSPS) is 16.1. The van der Waals surface area contributed by atoms with Crippen LogP contribution in [0.4, 0.5) is 0 Å². The Morgan fingerprint density at radius 1 is 1.18 bits per heavy atom. The molecule has 1 heterocycles. The van der Waals surface area contributed by atoms with Gasteiger partial charge in [-0.25, -0.2) is 0 Å². The van der Waals surface area contributed by atoms with E-state index in [2.05, 4.69) is 31.4 Å². The van der Waals surface area contributed by atoms with Gasteiger partial charge in [-0.15, -0.1) is 0 Å². The number of phenolic OH excluding ortho intramolecular Hbond substituents is 1. The molecule has 1 amide bonds. The van der Waals surface area contributed by atoms with Gasteiger partial charge >= 0.3 is 0 Å². The van der Waals surface area contributed by atoms with Gasteiger partial charge in [0.15, 0.2) is 0 Å². The van der Waals surface area contributed by atoms with Crippen molar-refractivity contribution in [2.24, 2.45) is 0 Å². The zero-order chi connectivity index (χ0) is 23.6. The molecule has 0 aromatic heterocycles. The van der Waals surface area contributed by atoms with Crippen molar-refractivity contribution in [3.63, 3.8) is 0 Å². The molecule has 2 aromatic carbocycles. The number of likely N-dealkylation sites (N-methyl/N-ethyl adjacent to an activating group) is 1. The smallest absolute Gasteiger partial charge is 0.254 e. The Bertz CT molecular complexity index is 927. The maximum absolute atomic E-state index is 13.7. The summed E-state index contributed by atoms with van der Waals surface area (Å²) in [5, 5.41) is 10.1. The predicted molar refractivity (Wildman–Crippen MR) is 135 cm³/mol. The molecule has 1 aliphatic heterocycles. The van der Waals surface area contributed by atoms with Crippen molar-refractivity contribution in [2.45, 2.75) is 52.0 Å². The molecule has 5 heteroatoms. The Hall–Kier alpha value is -2.79. The van der Waals surface area contributed by atoms with Gasteiger partial charge in [0.1, 0.15) is 18.1 Å². The van der Waals surface area contributed by atoms with Crippen LogP contribution >= 0.6 is 0 Å². The maximum atomic E-state index is 13.7. The van der Waals surface area contributed by atoms with E-state index in [0.29, 0.717) is 17.9 Å². The molecule has 1 saturated heterocycles. The number of rotatable bonds is 11. The molecule has 5 nitrogen and oxygen atoms in total. The van der Waals surface area contributed by atoms with E-state index in [0.717, 1.165) is 69.4 Å². The van der Waals surface area contributed by atoms with Crippen LogP contribution in [0.3, 0.4) is 0 Å². The molecule has 0 saturated carbocycles. The zero-order valence-corrected chi connectivity index (χ0v) is 20.1. The van der Waals surface area contributed by atoms with Crippen LogP contribution in [0.15, 0.2) is 49.0 Å². The number of carbonyl (C=O) groups excluding carboxylic acids is 1. The molecule has 0 bridgehead atoms. The van der Waals surface area contributed by atoms with Crippen LogP contribution in [0.1, 0.15) is 61.0 Å². The summed E-state index contributed by atoms with van der Waals surface area (Å²) in [5.41, 5.74) is 2.51. The Kier molecular flexibility index (Phi) is 9.37. The molecular weight excluding hydrogens is 412 g/mol. The first-order valence-corrected chi connectivity index (χ1v) is 12.3. The summed E-state index contributed by atoms with van der Waals surface area (Å²) in [4.78, 5) is 18.1. The summed E-state index contributed by atoms with van der Waals surface area (Å²) in [6.45, 7) is 12.4. The van der Waals surface area contributed by atoms with E-state index in [1.165, 1.54) is 0 Å². The molecule has 1 atom stereocenters. The van der Waals surface area contributed by atoms with Crippen LogP contribution in [-0.4, -0.2) is 59.6 Å². The molecule has 0 unspecified atom stereocenters. The van der Waals surface area contributed by atoms with Gasteiger partial charge in [-0.1, -0.05) is 50.8 Å². The third kappa shape index (κ3) is 6.38. The molecule has 0 radical (unpaired) electrons. The molecular formula is C28H38N2O3. The SMILES string of the molecule is C=Cc1c(O)cccc1OC[C@@H]1CCCCN1C(=O)c1ccccc1CCN(CC)CCC. The number of piperidine rings is 1. The molecule has 3 rings (SSSR count). The van der Waals surface area contributed by atoms with Gasteiger partial charge in [-0.3, -0.25) is 4.79 Å². The fraction of sp³-hybridized carbons (Fsp3) is 0.464. The first-order valence-electron chi connectivity index (χ1n) is 12.3. The van der Waals surface area contributed by atoms with Gasteiger partial charge < -0.3 is 19.6 Å². The third-order valence-electron chi connectivity index (χ3n) is 6.50. The van der Waals surface area contributed by atoms with Gasteiger partial charge in [-0.2, -0.15) is 0 Å². The second kappa shape index (κ2) is 12.4. The van der Waals surface area contributed by atoms with Crippen molar-refractivity contribution >= 4 is 12.0 Å². The quantitative estimate of drug-likeness (QED) is 0.499. The highest BCUT2D eigenvalue weighted by molar-refractivity contribution is 5.96.